The van der Waals surface area contributed by atoms with E-state index in [0.29, 0.717) is 11.3 Å². The summed E-state index contributed by atoms with van der Waals surface area (Å²) in [6, 6.07) is 11.5. The van der Waals surface area contributed by atoms with Gasteiger partial charge in [0.1, 0.15) is 11.6 Å². The van der Waals surface area contributed by atoms with Crippen molar-refractivity contribution in [2.45, 2.75) is 13.8 Å². The Morgan fingerprint density at radius 3 is 2.77 bits per heavy atom. The van der Waals surface area contributed by atoms with Crippen molar-refractivity contribution in [1.29, 1.82) is 0 Å². The predicted octanol–water partition coefficient (Wildman–Crippen LogP) is 2.97. The number of hydrogen-bond acceptors (Lipinski definition) is 3. The zero-order valence-corrected chi connectivity index (χ0v) is 12.5. The number of hydrazone groups is 1. The molecule has 22 heavy (non-hydrogen) atoms. The van der Waals surface area contributed by atoms with E-state index in [1.165, 1.54) is 18.3 Å². The molecule has 0 atom stereocenters. The van der Waals surface area contributed by atoms with E-state index in [1.54, 1.807) is 12.1 Å². The Hall–Kier alpha value is -2.69. The molecule has 2 aromatic carbocycles. The molecule has 0 spiro atoms. The Morgan fingerprint density at radius 2 is 2.05 bits per heavy atom. The van der Waals surface area contributed by atoms with Crippen molar-refractivity contribution < 1.29 is 13.9 Å². The van der Waals surface area contributed by atoms with Gasteiger partial charge >= 0.3 is 0 Å². The van der Waals surface area contributed by atoms with Crippen molar-refractivity contribution in [3.8, 4) is 5.75 Å². The number of carbonyl (C=O) groups is 1. The maximum atomic E-state index is 13.0. The van der Waals surface area contributed by atoms with Gasteiger partial charge in [0.25, 0.3) is 5.91 Å². The number of rotatable bonds is 5. The highest BCUT2D eigenvalue weighted by molar-refractivity contribution is 5.82. The van der Waals surface area contributed by atoms with Crippen LogP contribution in [0.1, 0.15) is 16.7 Å². The van der Waals surface area contributed by atoms with Gasteiger partial charge < -0.3 is 4.74 Å². The number of aryl methyl sites for hydroxylation is 2. The number of amides is 1. The van der Waals surface area contributed by atoms with Crippen LogP contribution in [0.5, 0.6) is 5.75 Å². The van der Waals surface area contributed by atoms with Gasteiger partial charge in [-0.3, -0.25) is 4.79 Å². The molecule has 0 heterocycles. The van der Waals surface area contributed by atoms with Crippen LogP contribution in [0.15, 0.2) is 47.6 Å². The molecule has 0 radical (unpaired) electrons. The SMILES string of the molecule is Cc1ccc(OCC(=O)N/N=C/c2cccc(F)c2)cc1C. The molecule has 114 valence electrons. The van der Waals surface area contributed by atoms with Crippen molar-refractivity contribution in [3.05, 3.63) is 65.0 Å². The molecule has 0 aliphatic heterocycles. The van der Waals surface area contributed by atoms with Crippen LogP contribution in [-0.2, 0) is 4.79 Å². The monoisotopic (exact) mass is 300 g/mol. The van der Waals surface area contributed by atoms with E-state index in [4.69, 9.17) is 4.74 Å². The molecular formula is C17H17FN2O2. The topological polar surface area (TPSA) is 50.7 Å². The molecular weight excluding hydrogens is 283 g/mol. The average Bonchev–Trinajstić information content (AvgIpc) is 2.48. The lowest BCUT2D eigenvalue weighted by Gasteiger charge is -2.07. The highest BCUT2D eigenvalue weighted by Gasteiger charge is 2.02. The van der Waals surface area contributed by atoms with Gasteiger partial charge in [0.05, 0.1) is 6.21 Å². The molecule has 2 aromatic rings. The molecule has 0 bridgehead atoms. The molecule has 0 aliphatic rings. The van der Waals surface area contributed by atoms with Gasteiger partial charge in [-0.2, -0.15) is 5.10 Å². The summed E-state index contributed by atoms with van der Waals surface area (Å²) >= 11 is 0. The zero-order chi connectivity index (χ0) is 15.9. The number of halogens is 1. The van der Waals surface area contributed by atoms with Gasteiger partial charge in [0.15, 0.2) is 6.61 Å². The predicted molar refractivity (Wildman–Crippen MR) is 83.5 cm³/mol. The fourth-order valence-corrected chi connectivity index (χ4v) is 1.75. The van der Waals surface area contributed by atoms with Crippen LogP contribution < -0.4 is 10.2 Å². The van der Waals surface area contributed by atoms with Crippen molar-refractivity contribution in [2.24, 2.45) is 5.10 Å². The first kappa shape index (κ1) is 15.7. The van der Waals surface area contributed by atoms with Crippen LogP contribution in [0.4, 0.5) is 4.39 Å². The molecule has 1 amide bonds. The maximum Gasteiger partial charge on any atom is 0.277 e. The third-order valence-electron chi connectivity index (χ3n) is 3.10. The van der Waals surface area contributed by atoms with Gasteiger partial charge in [-0.15, -0.1) is 0 Å². The summed E-state index contributed by atoms with van der Waals surface area (Å²) in [7, 11) is 0. The molecule has 0 saturated heterocycles. The number of benzene rings is 2. The summed E-state index contributed by atoms with van der Waals surface area (Å²) in [5.41, 5.74) is 5.16. The summed E-state index contributed by atoms with van der Waals surface area (Å²) in [5.74, 6) is -0.105. The lowest BCUT2D eigenvalue weighted by molar-refractivity contribution is -0.123. The van der Waals surface area contributed by atoms with Gasteiger partial charge in [-0.1, -0.05) is 18.2 Å². The number of ether oxygens (including phenoxy) is 1. The van der Waals surface area contributed by atoms with Gasteiger partial charge in [-0.25, -0.2) is 9.82 Å². The Balaban J connectivity index is 1.81. The lowest BCUT2D eigenvalue weighted by Crippen LogP contribution is -2.24. The number of nitrogens with zero attached hydrogens (tertiary/aromatic N) is 1. The Labute approximate surface area is 128 Å². The molecule has 2 rings (SSSR count). The van der Waals surface area contributed by atoms with Crippen molar-refractivity contribution in [2.75, 3.05) is 6.61 Å². The van der Waals surface area contributed by atoms with E-state index in [0.717, 1.165) is 11.1 Å². The quantitative estimate of drug-likeness (QED) is 0.682. The summed E-state index contributed by atoms with van der Waals surface area (Å²) in [5, 5.41) is 3.76. The van der Waals surface area contributed by atoms with Gasteiger partial charge in [-0.05, 0) is 54.8 Å². The second-order valence-electron chi connectivity index (χ2n) is 4.88. The molecule has 4 nitrogen and oxygen atoms in total. The van der Waals surface area contributed by atoms with E-state index in [1.807, 2.05) is 32.0 Å². The smallest absolute Gasteiger partial charge is 0.277 e. The fraction of sp³-hybridized carbons (Fsp3) is 0.176. The highest BCUT2D eigenvalue weighted by Crippen LogP contribution is 2.16. The summed E-state index contributed by atoms with van der Waals surface area (Å²) in [6.45, 7) is 3.85. The van der Waals surface area contributed by atoms with Gasteiger partial charge in [0, 0.05) is 0 Å². The van der Waals surface area contributed by atoms with Crippen molar-refractivity contribution >= 4 is 12.1 Å². The maximum absolute atomic E-state index is 13.0. The standard InChI is InChI=1S/C17H17FN2O2/c1-12-6-7-16(8-13(12)2)22-11-17(21)20-19-10-14-4-3-5-15(18)9-14/h3-10H,11H2,1-2H3,(H,20,21)/b19-10+. The second-order valence-corrected chi connectivity index (χ2v) is 4.88. The molecule has 0 unspecified atom stereocenters. The Morgan fingerprint density at radius 1 is 1.23 bits per heavy atom. The van der Waals surface area contributed by atoms with E-state index in [-0.39, 0.29) is 18.3 Å². The molecule has 1 N–H and O–H groups in total. The van der Waals surface area contributed by atoms with Crippen LogP contribution in [0, 0.1) is 19.7 Å². The highest BCUT2D eigenvalue weighted by atomic mass is 19.1. The first-order valence-electron chi connectivity index (χ1n) is 6.82. The van der Waals surface area contributed by atoms with Crippen LogP contribution in [0.25, 0.3) is 0 Å². The minimum Gasteiger partial charge on any atom is -0.484 e. The third kappa shape index (κ3) is 4.70. The van der Waals surface area contributed by atoms with E-state index >= 15 is 0 Å². The van der Waals surface area contributed by atoms with Crippen LogP contribution in [0.2, 0.25) is 0 Å². The lowest BCUT2D eigenvalue weighted by atomic mass is 10.1. The van der Waals surface area contributed by atoms with Crippen LogP contribution in [0.3, 0.4) is 0 Å². The molecule has 0 aromatic heterocycles. The zero-order valence-electron chi connectivity index (χ0n) is 12.5. The Kier molecular flexibility index (Phi) is 5.25. The summed E-state index contributed by atoms with van der Waals surface area (Å²) in [4.78, 5) is 11.6. The largest absolute Gasteiger partial charge is 0.484 e. The Bertz CT molecular complexity index is 699. The minimum absolute atomic E-state index is 0.136. The first-order chi connectivity index (χ1) is 10.5. The third-order valence-corrected chi connectivity index (χ3v) is 3.10. The van der Waals surface area contributed by atoms with E-state index in [2.05, 4.69) is 10.5 Å². The molecule has 5 heteroatoms. The normalized spacial score (nSPS) is 10.7. The van der Waals surface area contributed by atoms with Crippen LogP contribution >= 0.6 is 0 Å². The van der Waals surface area contributed by atoms with Crippen molar-refractivity contribution in [1.82, 2.24) is 5.43 Å². The van der Waals surface area contributed by atoms with E-state index < -0.39 is 0 Å². The fourth-order valence-electron chi connectivity index (χ4n) is 1.75. The van der Waals surface area contributed by atoms with Crippen LogP contribution in [-0.4, -0.2) is 18.7 Å². The number of hydrogen-bond donors (Lipinski definition) is 1. The molecule has 0 fully saturated rings. The molecule has 0 saturated carbocycles. The first-order valence-corrected chi connectivity index (χ1v) is 6.82. The van der Waals surface area contributed by atoms with Crippen molar-refractivity contribution in [3.63, 3.8) is 0 Å². The number of nitrogens with one attached hydrogen (secondary N) is 1. The minimum atomic E-state index is -0.383. The second kappa shape index (κ2) is 7.36. The summed E-state index contributed by atoms with van der Waals surface area (Å²) < 4.78 is 18.3. The van der Waals surface area contributed by atoms with E-state index in [9.17, 15) is 9.18 Å². The average molecular weight is 300 g/mol. The number of carbonyl (C=O) groups excluding carboxylic acids is 1. The van der Waals surface area contributed by atoms with Gasteiger partial charge in [0.2, 0.25) is 0 Å². The molecule has 0 aliphatic carbocycles. The summed E-state index contributed by atoms with van der Waals surface area (Å²) in [6.07, 6.45) is 1.37.